The molecule has 0 amide bonds. The average molecular weight is 459 g/mol. The van der Waals surface area contributed by atoms with E-state index in [0.717, 1.165) is 36.0 Å². The van der Waals surface area contributed by atoms with Gasteiger partial charge in [-0.25, -0.2) is 0 Å². The zero-order chi connectivity index (χ0) is 24.4. The molecular formula is C32H58O. The second kappa shape index (κ2) is 8.52. The summed E-state index contributed by atoms with van der Waals surface area (Å²) in [6, 6.07) is 0. The molecule has 0 aromatic heterocycles. The highest BCUT2D eigenvalue weighted by molar-refractivity contribution is 5.30. The molecule has 0 aromatic rings. The monoisotopic (exact) mass is 458 g/mol. The number of aliphatic hydroxyl groups is 1. The van der Waals surface area contributed by atoms with Crippen molar-refractivity contribution in [2.24, 2.45) is 56.7 Å². The molecule has 0 heterocycles. The van der Waals surface area contributed by atoms with Crippen LogP contribution in [0.5, 0.6) is 0 Å². The van der Waals surface area contributed by atoms with Gasteiger partial charge < -0.3 is 5.11 Å². The highest BCUT2D eigenvalue weighted by Gasteiger charge is 2.82. The fourth-order valence-corrected chi connectivity index (χ4v) is 11.3. The van der Waals surface area contributed by atoms with Gasteiger partial charge in [0.15, 0.2) is 0 Å². The third-order valence-corrected chi connectivity index (χ3v) is 13.3. The molecule has 5 aliphatic carbocycles. The number of fused-ring (bicyclic) bond motifs is 2. The van der Waals surface area contributed by atoms with Crippen molar-refractivity contribution in [3.05, 3.63) is 0 Å². The lowest BCUT2D eigenvalue weighted by Crippen LogP contribution is -2.57. The molecule has 1 N–H and O–H groups in total. The van der Waals surface area contributed by atoms with Crippen molar-refractivity contribution in [3.63, 3.8) is 0 Å². The van der Waals surface area contributed by atoms with Crippen LogP contribution in [0, 0.1) is 56.7 Å². The molecule has 192 valence electrons. The second-order valence-corrected chi connectivity index (χ2v) is 14.8. The summed E-state index contributed by atoms with van der Waals surface area (Å²) in [6.45, 7) is 21.7. The fraction of sp³-hybridized carbons (Fsp3) is 1.00. The van der Waals surface area contributed by atoms with Gasteiger partial charge >= 0.3 is 0 Å². The Labute approximate surface area is 207 Å². The van der Waals surface area contributed by atoms with E-state index >= 15 is 0 Å². The van der Waals surface area contributed by atoms with E-state index in [9.17, 15) is 5.11 Å². The molecule has 0 radical (unpaired) electrons. The molecule has 5 saturated carbocycles. The van der Waals surface area contributed by atoms with Crippen molar-refractivity contribution in [3.8, 4) is 0 Å². The van der Waals surface area contributed by atoms with Crippen molar-refractivity contribution in [1.82, 2.24) is 0 Å². The summed E-state index contributed by atoms with van der Waals surface area (Å²) in [5.74, 6) is 4.41. The van der Waals surface area contributed by atoms with Crippen LogP contribution in [0.15, 0.2) is 0 Å². The fourth-order valence-electron chi connectivity index (χ4n) is 11.3. The first-order valence-corrected chi connectivity index (χ1v) is 15.1. The van der Waals surface area contributed by atoms with Crippen LogP contribution < -0.4 is 0 Å². The predicted molar refractivity (Wildman–Crippen MR) is 142 cm³/mol. The topological polar surface area (TPSA) is 20.2 Å². The normalized spacial score (nSPS) is 50.3. The Bertz CT molecular complexity index is 709. The summed E-state index contributed by atoms with van der Waals surface area (Å²) in [5.41, 5.74) is 2.45. The molecule has 0 aliphatic heterocycles. The van der Waals surface area contributed by atoms with Crippen molar-refractivity contribution in [2.45, 2.75) is 145 Å². The molecule has 33 heavy (non-hydrogen) atoms. The Morgan fingerprint density at radius 3 is 2.03 bits per heavy atom. The van der Waals surface area contributed by atoms with Crippen molar-refractivity contribution in [2.75, 3.05) is 0 Å². The van der Waals surface area contributed by atoms with E-state index < -0.39 is 0 Å². The number of hydrogen-bond acceptors (Lipinski definition) is 1. The van der Waals surface area contributed by atoms with Crippen LogP contribution in [0.3, 0.4) is 0 Å². The Morgan fingerprint density at radius 1 is 0.727 bits per heavy atom. The average Bonchev–Trinajstić information content (AvgIpc) is 3.35. The van der Waals surface area contributed by atoms with Crippen molar-refractivity contribution < 1.29 is 5.11 Å². The summed E-state index contributed by atoms with van der Waals surface area (Å²) in [7, 11) is 0. The van der Waals surface area contributed by atoms with Crippen LogP contribution in [0.25, 0.3) is 0 Å². The molecule has 5 aliphatic rings. The summed E-state index contributed by atoms with van der Waals surface area (Å²) in [6.07, 6.45) is 16.9. The van der Waals surface area contributed by atoms with Crippen LogP contribution in [0.4, 0.5) is 0 Å². The Hall–Kier alpha value is -0.0400. The van der Waals surface area contributed by atoms with Gasteiger partial charge in [0, 0.05) is 0 Å². The van der Waals surface area contributed by atoms with Crippen LogP contribution in [-0.2, 0) is 0 Å². The lowest BCUT2D eigenvalue weighted by atomic mass is 9.41. The summed E-state index contributed by atoms with van der Waals surface area (Å²) in [5, 5.41) is 10.8. The molecule has 0 aromatic carbocycles. The number of hydrogen-bond donors (Lipinski definition) is 1. The van der Waals surface area contributed by atoms with E-state index in [-0.39, 0.29) is 11.5 Å². The smallest absolute Gasteiger partial charge is 0.0594 e. The van der Waals surface area contributed by atoms with Crippen molar-refractivity contribution in [1.29, 1.82) is 0 Å². The van der Waals surface area contributed by atoms with Gasteiger partial charge in [0.1, 0.15) is 0 Å². The minimum atomic E-state index is -0.0793. The van der Waals surface area contributed by atoms with Crippen LogP contribution in [0.1, 0.15) is 139 Å². The van der Waals surface area contributed by atoms with Gasteiger partial charge in [-0.2, -0.15) is 0 Å². The third-order valence-electron chi connectivity index (χ3n) is 13.3. The molecule has 5 rings (SSSR count). The minimum absolute atomic E-state index is 0.0793. The number of rotatable bonds is 5. The van der Waals surface area contributed by atoms with Gasteiger partial charge in [0.2, 0.25) is 0 Å². The van der Waals surface area contributed by atoms with Gasteiger partial charge in [-0.15, -0.1) is 0 Å². The maximum atomic E-state index is 10.8. The molecule has 2 spiro atoms. The van der Waals surface area contributed by atoms with Gasteiger partial charge in [-0.1, -0.05) is 81.6 Å². The summed E-state index contributed by atoms with van der Waals surface area (Å²) >= 11 is 0. The first-order chi connectivity index (χ1) is 15.4. The first-order valence-electron chi connectivity index (χ1n) is 15.1. The second-order valence-electron chi connectivity index (χ2n) is 14.8. The highest BCUT2D eigenvalue weighted by Crippen LogP contribution is 2.89. The van der Waals surface area contributed by atoms with Gasteiger partial charge in [-0.05, 0) is 114 Å². The largest absolute Gasteiger partial charge is 0.393 e. The summed E-state index contributed by atoms with van der Waals surface area (Å²) in [4.78, 5) is 0. The molecule has 0 bridgehead atoms. The van der Waals surface area contributed by atoms with Crippen molar-refractivity contribution >= 4 is 0 Å². The van der Waals surface area contributed by atoms with Gasteiger partial charge in [0.25, 0.3) is 0 Å². The highest BCUT2D eigenvalue weighted by atomic mass is 16.3. The zero-order valence-corrected chi connectivity index (χ0v) is 23.9. The van der Waals surface area contributed by atoms with E-state index in [2.05, 4.69) is 48.5 Å². The van der Waals surface area contributed by atoms with E-state index in [0.29, 0.717) is 21.7 Å². The van der Waals surface area contributed by atoms with E-state index in [1.165, 1.54) is 70.6 Å². The lowest BCUT2D eigenvalue weighted by Gasteiger charge is -2.63. The Morgan fingerprint density at radius 2 is 1.36 bits per heavy atom. The standard InChI is InChI=1S/C30H52O.C2H6/c1-20(2)9-8-10-21(3)22-13-15-28(7)24-12-11-23-26(4,5)25(31)14-16-29(23)19-30(24,29)18-17-27(22,28)6;1-2/h20-25,31H,8-19H2,1-7H3;1-2H3. The maximum absolute atomic E-state index is 10.8. The molecule has 9 unspecified atom stereocenters. The Kier molecular flexibility index (Phi) is 6.72. The summed E-state index contributed by atoms with van der Waals surface area (Å²) < 4.78 is 0. The quantitative estimate of drug-likeness (QED) is 0.435. The Balaban J connectivity index is 0.00000126. The molecular weight excluding hydrogens is 400 g/mol. The van der Waals surface area contributed by atoms with Gasteiger partial charge in [0.05, 0.1) is 6.10 Å². The first kappa shape index (κ1) is 26.0. The van der Waals surface area contributed by atoms with E-state index in [1.54, 1.807) is 0 Å². The van der Waals surface area contributed by atoms with E-state index in [4.69, 9.17) is 0 Å². The predicted octanol–water partition coefficient (Wildman–Crippen LogP) is 9.28. The van der Waals surface area contributed by atoms with E-state index in [1.807, 2.05) is 13.8 Å². The lowest BCUT2D eigenvalue weighted by molar-refractivity contribution is -0.161. The van der Waals surface area contributed by atoms with Crippen LogP contribution in [-0.4, -0.2) is 11.2 Å². The minimum Gasteiger partial charge on any atom is -0.393 e. The molecule has 1 nitrogen and oxygen atoms in total. The molecule has 1 heteroatoms. The number of aliphatic hydroxyl groups excluding tert-OH is 1. The van der Waals surface area contributed by atoms with Gasteiger partial charge in [-0.3, -0.25) is 0 Å². The van der Waals surface area contributed by atoms with Crippen LogP contribution in [0.2, 0.25) is 0 Å². The molecule has 9 atom stereocenters. The molecule has 0 saturated heterocycles. The van der Waals surface area contributed by atoms with Crippen LogP contribution >= 0.6 is 0 Å². The SMILES string of the molecule is CC.CC(C)CCCC(C)C1CCC2(C)C3CCC4C(C)(C)C(O)CCC45CC35CCC12C. The molecule has 5 fully saturated rings. The zero-order valence-electron chi connectivity index (χ0n) is 23.9. The third kappa shape index (κ3) is 3.39. The maximum Gasteiger partial charge on any atom is 0.0594 e.